The molecule has 0 bridgehead atoms. The maximum atomic E-state index is 11.9. The molecular formula is C19H22N2O3. The number of nitrogens with one attached hydrogen (secondary N) is 2. The predicted molar refractivity (Wildman–Crippen MR) is 94.5 cm³/mol. The first-order valence-electron chi connectivity index (χ1n) is 8.23. The first-order valence-corrected chi connectivity index (χ1v) is 8.23. The quantitative estimate of drug-likeness (QED) is 0.820. The van der Waals surface area contributed by atoms with Gasteiger partial charge >= 0.3 is 0 Å². The summed E-state index contributed by atoms with van der Waals surface area (Å²) in [6, 6.07) is 16.9. The molecule has 5 nitrogen and oxygen atoms in total. The van der Waals surface area contributed by atoms with Gasteiger partial charge in [-0.3, -0.25) is 4.79 Å². The molecule has 2 aromatic rings. The molecule has 0 spiro atoms. The Labute approximate surface area is 142 Å². The van der Waals surface area contributed by atoms with Gasteiger partial charge in [-0.15, -0.1) is 0 Å². The van der Waals surface area contributed by atoms with Crippen molar-refractivity contribution in [1.82, 2.24) is 0 Å². The molecule has 24 heavy (non-hydrogen) atoms. The van der Waals surface area contributed by atoms with Crippen LogP contribution in [0.1, 0.15) is 12.8 Å². The number of benzene rings is 2. The third-order valence-electron chi connectivity index (χ3n) is 3.84. The molecule has 0 aromatic heterocycles. The highest BCUT2D eigenvalue weighted by atomic mass is 16.5. The summed E-state index contributed by atoms with van der Waals surface area (Å²) >= 11 is 0. The third kappa shape index (κ3) is 4.99. The van der Waals surface area contributed by atoms with E-state index in [1.807, 2.05) is 54.6 Å². The van der Waals surface area contributed by atoms with Crippen molar-refractivity contribution in [3.63, 3.8) is 0 Å². The zero-order valence-corrected chi connectivity index (χ0v) is 13.5. The first kappa shape index (κ1) is 16.3. The van der Waals surface area contributed by atoms with Crippen molar-refractivity contribution in [2.24, 2.45) is 0 Å². The van der Waals surface area contributed by atoms with Gasteiger partial charge < -0.3 is 20.1 Å². The summed E-state index contributed by atoms with van der Waals surface area (Å²) in [7, 11) is 0. The van der Waals surface area contributed by atoms with E-state index in [-0.39, 0.29) is 12.5 Å². The van der Waals surface area contributed by atoms with Gasteiger partial charge in [0.2, 0.25) is 0 Å². The van der Waals surface area contributed by atoms with Crippen LogP contribution in [-0.4, -0.2) is 31.8 Å². The second-order valence-corrected chi connectivity index (χ2v) is 5.74. The second-order valence-electron chi connectivity index (χ2n) is 5.74. The Morgan fingerprint density at radius 1 is 1.08 bits per heavy atom. The Bertz CT molecular complexity index is 637. The van der Waals surface area contributed by atoms with Crippen LogP contribution in [0.2, 0.25) is 0 Å². The highest BCUT2D eigenvalue weighted by molar-refractivity contribution is 5.92. The first-order chi connectivity index (χ1) is 11.8. The molecule has 0 saturated carbocycles. The molecular weight excluding hydrogens is 304 g/mol. The van der Waals surface area contributed by atoms with Crippen LogP contribution in [-0.2, 0) is 9.53 Å². The van der Waals surface area contributed by atoms with Crippen LogP contribution in [0, 0.1) is 0 Å². The van der Waals surface area contributed by atoms with Crippen molar-refractivity contribution in [3.8, 4) is 5.75 Å². The van der Waals surface area contributed by atoms with Crippen LogP contribution >= 0.6 is 0 Å². The fourth-order valence-electron chi connectivity index (χ4n) is 2.57. The molecule has 3 rings (SSSR count). The average Bonchev–Trinajstić information content (AvgIpc) is 3.14. The van der Waals surface area contributed by atoms with Gasteiger partial charge in [0.1, 0.15) is 5.75 Å². The molecule has 2 aromatic carbocycles. The van der Waals surface area contributed by atoms with Crippen LogP contribution in [0.4, 0.5) is 11.4 Å². The van der Waals surface area contributed by atoms with Crippen molar-refractivity contribution >= 4 is 17.3 Å². The van der Waals surface area contributed by atoms with Gasteiger partial charge in [-0.2, -0.15) is 0 Å². The lowest BCUT2D eigenvalue weighted by Gasteiger charge is -2.12. The van der Waals surface area contributed by atoms with Gasteiger partial charge in [-0.05, 0) is 49.2 Å². The van der Waals surface area contributed by atoms with Gasteiger partial charge in [-0.1, -0.05) is 18.2 Å². The summed E-state index contributed by atoms with van der Waals surface area (Å²) in [5.41, 5.74) is 1.77. The molecule has 1 unspecified atom stereocenters. The number of carbonyl (C=O) groups excluding carboxylic acids is 1. The van der Waals surface area contributed by atoms with Crippen LogP contribution in [0.5, 0.6) is 5.75 Å². The highest BCUT2D eigenvalue weighted by Crippen LogP contribution is 2.16. The lowest BCUT2D eigenvalue weighted by molar-refractivity contribution is -0.118. The smallest absolute Gasteiger partial charge is 0.262 e. The molecule has 2 N–H and O–H groups in total. The second kappa shape index (κ2) is 8.36. The maximum Gasteiger partial charge on any atom is 0.262 e. The molecule has 1 saturated heterocycles. The zero-order chi connectivity index (χ0) is 16.6. The summed E-state index contributed by atoms with van der Waals surface area (Å²) in [5, 5.41) is 6.17. The number of anilines is 2. The number of amides is 1. The Balaban J connectivity index is 1.42. The molecule has 1 fully saturated rings. The van der Waals surface area contributed by atoms with E-state index in [4.69, 9.17) is 9.47 Å². The molecule has 1 heterocycles. The molecule has 1 aliphatic rings. The van der Waals surface area contributed by atoms with Gasteiger partial charge in [0.15, 0.2) is 6.61 Å². The Hall–Kier alpha value is -2.53. The van der Waals surface area contributed by atoms with Crippen LogP contribution in [0.3, 0.4) is 0 Å². The minimum Gasteiger partial charge on any atom is -0.484 e. The van der Waals surface area contributed by atoms with E-state index in [1.54, 1.807) is 0 Å². The van der Waals surface area contributed by atoms with E-state index >= 15 is 0 Å². The monoisotopic (exact) mass is 326 g/mol. The molecule has 126 valence electrons. The number of para-hydroxylation sites is 1. The van der Waals surface area contributed by atoms with Gasteiger partial charge in [0.25, 0.3) is 5.91 Å². The van der Waals surface area contributed by atoms with Crippen LogP contribution in [0.15, 0.2) is 54.6 Å². The van der Waals surface area contributed by atoms with E-state index < -0.39 is 0 Å². The minimum absolute atomic E-state index is 0.0109. The van der Waals surface area contributed by atoms with Crippen molar-refractivity contribution in [3.05, 3.63) is 54.6 Å². The lowest BCUT2D eigenvalue weighted by atomic mass is 10.2. The number of rotatable bonds is 7. The SMILES string of the molecule is O=C(COc1ccccc1)Nc1ccc(NCC2CCCO2)cc1. The normalized spacial score (nSPS) is 16.6. The number of hydrogen-bond acceptors (Lipinski definition) is 4. The van der Waals surface area contributed by atoms with Crippen LogP contribution < -0.4 is 15.4 Å². The van der Waals surface area contributed by atoms with Crippen LogP contribution in [0.25, 0.3) is 0 Å². The van der Waals surface area contributed by atoms with Crippen molar-refractivity contribution < 1.29 is 14.3 Å². The Morgan fingerprint density at radius 2 is 1.83 bits per heavy atom. The van der Waals surface area contributed by atoms with Crippen molar-refractivity contribution in [2.75, 3.05) is 30.4 Å². The summed E-state index contributed by atoms with van der Waals surface area (Å²) in [5.74, 6) is 0.500. The summed E-state index contributed by atoms with van der Waals surface area (Å²) in [6.45, 7) is 1.67. The summed E-state index contributed by atoms with van der Waals surface area (Å²) in [6.07, 6.45) is 2.56. The molecule has 5 heteroatoms. The molecule has 0 radical (unpaired) electrons. The molecule has 1 aliphatic heterocycles. The number of carbonyl (C=O) groups is 1. The van der Waals surface area contributed by atoms with Gasteiger partial charge in [0, 0.05) is 24.5 Å². The maximum absolute atomic E-state index is 11.9. The Kier molecular flexibility index (Phi) is 5.69. The van der Waals surface area contributed by atoms with E-state index in [9.17, 15) is 4.79 Å². The average molecular weight is 326 g/mol. The zero-order valence-electron chi connectivity index (χ0n) is 13.5. The highest BCUT2D eigenvalue weighted by Gasteiger charge is 2.14. The third-order valence-corrected chi connectivity index (χ3v) is 3.84. The number of ether oxygens (including phenoxy) is 2. The largest absolute Gasteiger partial charge is 0.484 e. The molecule has 1 atom stereocenters. The topological polar surface area (TPSA) is 59.6 Å². The van der Waals surface area contributed by atoms with E-state index in [0.29, 0.717) is 11.9 Å². The van der Waals surface area contributed by atoms with Crippen molar-refractivity contribution in [2.45, 2.75) is 18.9 Å². The lowest BCUT2D eigenvalue weighted by Crippen LogP contribution is -2.20. The summed E-state index contributed by atoms with van der Waals surface area (Å²) in [4.78, 5) is 11.9. The van der Waals surface area contributed by atoms with E-state index in [2.05, 4.69) is 10.6 Å². The van der Waals surface area contributed by atoms with E-state index in [0.717, 1.165) is 37.4 Å². The minimum atomic E-state index is -0.182. The van der Waals surface area contributed by atoms with Gasteiger partial charge in [0.05, 0.1) is 6.10 Å². The standard InChI is InChI=1S/C19H22N2O3/c22-19(14-24-17-5-2-1-3-6-17)21-16-10-8-15(9-11-16)20-13-18-7-4-12-23-18/h1-3,5-6,8-11,18,20H,4,7,12-14H2,(H,21,22). The predicted octanol–water partition coefficient (Wildman–Crippen LogP) is 3.30. The molecule has 0 aliphatic carbocycles. The van der Waals surface area contributed by atoms with E-state index in [1.165, 1.54) is 0 Å². The fourth-order valence-corrected chi connectivity index (χ4v) is 2.57. The number of hydrogen-bond donors (Lipinski definition) is 2. The fraction of sp³-hybridized carbons (Fsp3) is 0.316. The Morgan fingerprint density at radius 3 is 2.54 bits per heavy atom. The molecule has 1 amide bonds. The van der Waals surface area contributed by atoms with Gasteiger partial charge in [-0.25, -0.2) is 0 Å². The summed E-state index contributed by atoms with van der Waals surface area (Å²) < 4.78 is 11.0. The van der Waals surface area contributed by atoms with Crippen molar-refractivity contribution in [1.29, 1.82) is 0 Å².